The molecule has 1 rings (SSSR count). The van der Waals surface area contributed by atoms with Gasteiger partial charge in [-0.05, 0) is 32.9 Å². The summed E-state index contributed by atoms with van der Waals surface area (Å²) in [6.07, 6.45) is 1.63. The van der Waals surface area contributed by atoms with Gasteiger partial charge in [0.2, 0.25) is 0 Å². The van der Waals surface area contributed by atoms with E-state index in [1.165, 1.54) is 0 Å². The highest BCUT2D eigenvalue weighted by Crippen LogP contribution is 2.23. The number of methoxy groups -OCH3 is 2. The Morgan fingerprint density at radius 2 is 1.82 bits per heavy atom. The normalized spacial score (nSPS) is 11.6. The van der Waals surface area contributed by atoms with Crippen molar-refractivity contribution in [2.75, 3.05) is 14.2 Å². The summed E-state index contributed by atoms with van der Waals surface area (Å²) in [6, 6.07) is 5.52. The molecule has 0 fully saturated rings. The van der Waals surface area contributed by atoms with Crippen molar-refractivity contribution < 1.29 is 14.3 Å². The first-order valence-corrected chi connectivity index (χ1v) is 5.40. The number of benzene rings is 1. The molecule has 0 N–H and O–H groups in total. The van der Waals surface area contributed by atoms with Gasteiger partial charge in [0.05, 0.1) is 20.4 Å². The maximum atomic E-state index is 5.27. The first kappa shape index (κ1) is 13.4. The van der Waals surface area contributed by atoms with Crippen LogP contribution in [0.15, 0.2) is 23.4 Å². The van der Waals surface area contributed by atoms with Crippen molar-refractivity contribution in [3.05, 3.63) is 23.8 Å². The highest BCUT2D eigenvalue weighted by atomic mass is 16.6. The molecular formula is C13H19NO3. The second-order valence-electron chi connectivity index (χ2n) is 4.55. The lowest BCUT2D eigenvalue weighted by atomic mass is 10.2. The van der Waals surface area contributed by atoms with E-state index in [0.717, 1.165) is 11.3 Å². The van der Waals surface area contributed by atoms with Gasteiger partial charge < -0.3 is 14.3 Å². The van der Waals surface area contributed by atoms with Crippen LogP contribution in [0.2, 0.25) is 0 Å². The van der Waals surface area contributed by atoms with Crippen molar-refractivity contribution in [2.24, 2.45) is 5.16 Å². The predicted molar refractivity (Wildman–Crippen MR) is 68.0 cm³/mol. The van der Waals surface area contributed by atoms with Crippen molar-refractivity contribution in [2.45, 2.75) is 26.4 Å². The first-order valence-electron chi connectivity index (χ1n) is 5.40. The van der Waals surface area contributed by atoms with Gasteiger partial charge in [-0.15, -0.1) is 0 Å². The zero-order chi connectivity index (χ0) is 12.9. The van der Waals surface area contributed by atoms with E-state index in [1.807, 2.05) is 32.9 Å². The number of hydrogen-bond acceptors (Lipinski definition) is 4. The molecule has 0 saturated carbocycles. The van der Waals surface area contributed by atoms with E-state index < -0.39 is 0 Å². The van der Waals surface area contributed by atoms with Gasteiger partial charge in [-0.2, -0.15) is 0 Å². The number of nitrogens with zero attached hydrogens (tertiary/aromatic N) is 1. The molecular weight excluding hydrogens is 218 g/mol. The molecule has 94 valence electrons. The van der Waals surface area contributed by atoms with Crippen LogP contribution in [-0.2, 0) is 4.84 Å². The van der Waals surface area contributed by atoms with E-state index in [1.54, 1.807) is 26.5 Å². The molecule has 17 heavy (non-hydrogen) atoms. The molecule has 0 heterocycles. The van der Waals surface area contributed by atoms with Crippen LogP contribution in [0, 0.1) is 0 Å². The molecule has 0 unspecified atom stereocenters. The van der Waals surface area contributed by atoms with Crippen molar-refractivity contribution in [3.8, 4) is 11.5 Å². The number of ether oxygens (including phenoxy) is 2. The van der Waals surface area contributed by atoms with Gasteiger partial charge in [-0.3, -0.25) is 0 Å². The zero-order valence-electron chi connectivity index (χ0n) is 11.0. The molecule has 0 bridgehead atoms. The van der Waals surface area contributed by atoms with E-state index in [9.17, 15) is 0 Å². The molecule has 1 aromatic rings. The molecule has 4 nitrogen and oxygen atoms in total. The van der Waals surface area contributed by atoms with Crippen molar-refractivity contribution in [1.29, 1.82) is 0 Å². The third-order valence-corrected chi connectivity index (χ3v) is 1.96. The van der Waals surface area contributed by atoms with Crippen LogP contribution < -0.4 is 9.47 Å². The Morgan fingerprint density at radius 3 is 2.35 bits per heavy atom. The van der Waals surface area contributed by atoms with E-state index >= 15 is 0 Å². The molecule has 0 atom stereocenters. The monoisotopic (exact) mass is 237 g/mol. The quantitative estimate of drug-likeness (QED) is 0.597. The standard InChI is InChI=1S/C13H19NO3/c1-13(2,3)17-14-9-10-6-7-11(15-4)8-12(10)16-5/h6-9H,1-5H3/b14-9-. The molecule has 4 heteroatoms. The Morgan fingerprint density at radius 1 is 1.12 bits per heavy atom. The second kappa shape index (κ2) is 5.57. The van der Waals surface area contributed by atoms with Crippen molar-refractivity contribution in [1.82, 2.24) is 0 Å². The van der Waals surface area contributed by atoms with Crippen molar-refractivity contribution in [3.63, 3.8) is 0 Å². The number of oxime groups is 1. The van der Waals surface area contributed by atoms with Crippen LogP contribution >= 0.6 is 0 Å². The van der Waals surface area contributed by atoms with Crippen LogP contribution in [-0.4, -0.2) is 26.0 Å². The van der Waals surface area contributed by atoms with Crippen LogP contribution in [0.1, 0.15) is 26.3 Å². The smallest absolute Gasteiger partial charge is 0.131 e. The summed E-state index contributed by atoms with van der Waals surface area (Å²) in [6.45, 7) is 5.82. The summed E-state index contributed by atoms with van der Waals surface area (Å²) in [5.41, 5.74) is 0.550. The third kappa shape index (κ3) is 4.34. The minimum Gasteiger partial charge on any atom is -0.497 e. The molecule has 0 radical (unpaired) electrons. The van der Waals surface area contributed by atoms with Gasteiger partial charge in [0, 0.05) is 11.6 Å². The molecule has 0 aliphatic rings. The SMILES string of the molecule is COc1ccc(/C=N\OC(C)(C)C)c(OC)c1. The lowest BCUT2D eigenvalue weighted by Crippen LogP contribution is -2.15. The number of rotatable bonds is 4. The summed E-state index contributed by atoms with van der Waals surface area (Å²) >= 11 is 0. The summed E-state index contributed by atoms with van der Waals surface area (Å²) in [5, 5.41) is 3.93. The zero-order valence-corrected chi connectivity index (χ0v) is 11.0. The minimum atomic E-state index is -0.295. The maximum absolute atomic E-state index is 5.27. The highest BCUT2D eigenvalue weighted by Gasteiger charge is 2.09. The third-order valence-electron chi connectivity index (χ3n) is 1.96. The van der Waals surface area contributed by atoms with E-state index in [4.69, 9.17) is 14.3 Å². The summed E-state index contributed by atoms with van der Waals surface area (Å²) in [5.74, 6) is 1.45. The largest absolute Gasteiger partial charge is 0.497 e. The molecule has 0 spiro atoms. The molecule has 0 aliphatic heterocycles. The molecule has 0 amide bonds. The number of hydrogen-bond donors (Lipinski definition) is 0. The van der Waals surface area contributed by atoms with E-state index in [-0.39, 0.29) is 5.60 Å². The van der Waals surface area contributed by atoms with Gasteiger partial charge in [0.1, 0.15) is 17.1 Å². The topological polar surface area (TPSA) is 40.0 Å². The summed E-state index contributed by atoms with van der Waals surface area (Å²) in [4.78, 5) is 5.27. The Balaban J connectivity index is 2.84. The van der Waals surface area contributed by atoms with Crippen LogP contribution in [0.5, 0.6) is 11.5 Å². The maximum Gasteiger partial charge on any atom is 0.131 e. The first-order chi connectivity index (χ1) is 7.96. The van der Waals surface area contributed by atoms with Gasteiger partial charge in [-0.25, -0.2) is 0 Å². The molecule has 0 aliphatic carbocycles. The van der Waals surface area contributed by atoms with Gasteiger partial charge >= 0.3 is 0 Å². The Hall–Kier alpha value is -1.71. The second-order valence-corrected chi connectivity index (χ2v) is 4.55. The van der Waals surface area contributed by atoms with Crippen LogP contribution in [0.4, 0.5) is 0 Å². The van der Waals surface area contributed by atoms with Gasteiger partial charge in [0.15, 0.2) is 0 Å². The highest BCUT2D eigenvalue weighted by molar-refractivity contribution is 5.83. The average molecular weight is 237 g/mol. The fraction of sp³-hybridized carbons (Fsp3) is 0.462. The van der Waals surface area contributed by atoms with Crippen LogP contribution in [0.25, 0.3) is 0 Å². The minimum absolute atomic E-state index is 0.295. The Kier molecular flexibility index (Phi) is 4.37. The lowest BCUT2D eigenvalue weighted by Gasteiger charge is -2.15. The lowest BCUT2D eigenvalue weighted by molar-refractivity contribution is 0.00197. The van der Waals surface area contributed by atoms with Crippen molar-refractivity contribution >= 4 is 6.21 Å². The predicted octanol–water partition coefficient (Wildman–Crippen LogP) is 2.85. The van der Waals surface area contributed by atoms with Crippen LogP contribution in [0.3, 0.4) is 0 Å². The average Bonchev–Trinajstić information content (AvgIpc) is 2.27. The molecule has 0 saturated heterocycles. The fourth-order valence-corrected chi connectivity index (χ4v) is 1.17. The van der Waals surface area contributed by atoms with E-state index in [0.29, 0.717) is 5.75 Å². The summed E-state index contributed by atoms with van der Waals surface area (Å²) < 4.78 is 10.4. The molecule has 0 aromatic heterocycles. The Labute approximate surface area is 102 Å². The van der Waals surface area contributed by atoms with Gasteiger partial charge in [-0.1, -0.05) is 5.16 Å². The van der Waals surface area contributed by atoms with E-state index in [2.05, 4.69) is 5.16 Å². The molecule has 1 aromatic carbocycles. The van der Waals surface area contributed by atoms with Gasteiger partial charge in [0.25, 0.3) is 0 Å². The fourth-order valence-electron chi connectivity index (χ4n) is 1.17. The summed E-state index contributed by atoms with van der Waals surface area (Å²) in [7, 11) is 3.22. The Bertz CT molecular complexity index is 394.